The maximum absolute atomic E-state index is 12.5. The lowest BCUT2D eigenvalue weighted by atomic mass is 9.99. The third-order valence-corrected chi connectivity index (χ3v) is 4.09. The molecule has 1 amide bonds. The van der Waals surface area contributed by atoms with Crippen LogP contribution in [0.15, 0.2) is 34.9 Å². The number of amides is 1. The molecule has 0 aliphatic carbocycles. The summed E-state index contributed by atoms with van der Waals surface area (Å²) in [4.78, 5) is 12.5. The number of carbonyl (C=O) groups excluding carboxylic acids is 1. The SMILES string of the molecule is Cc1onc(-c2ccccc2)c1C(=O)NCC1CCCNC1. The molecule has 116 valence electrons. The number of nitrogens with one attached hydrogen (secondary N) is 2. The first-order valence-electron chi connectivity index (χ1n) is 7.76. The summed E-state index contributed by atoms with van der Waals surface area (Å²) in [7, 11) is 0. The van der Waals surface area contributed by atoms with Crippen LogP contribution in [0.1, 0.15) is 29.0 Å². The molecule has 0 bridgehead atoms. The van der Waals surface area contributed by atoms with Crippen LogP contribution in [-0.2, 0) is 0 Å². The molecule has 5 nitrogen and oxygen atoms in total. The molecule has 1 aliphatic heterocycles. The fraction of sp³-hybridized carbons (Fsp3) is 0.412. The van der Waals surface area contributed by atoms with Gasteiger partial charge in [-0.05, 0) is 38.8 Å². The summed E-state index contributed by atoms with van der Waals surface area (Å²) < 4.78 is 5.24. The Morgan fingerprint density at radius 3 is 2.95 bits per heavy atom. The zero-order valence-electron chi connectivity index (χ0n) is 12.8. The molecule has 1 fully saturated rings. The number of aromatic nitrogens is 1. The van der Waals surface area contributed by atoms with Crippen molar-refractivity contribution in [1.82, 2.24) is 15.8 Å². The van der Waals surface area contributed by atoms with Crippen LogP contribution >= 0.6 is 0 Å². The summed E-state index contributed by atoms with van der Waals surface area (Å²) in [6.45, 7) is 4.50. The molecule has 1 aromatic heterocycles. The third kappa shape index (κ3) is 3.20. The van der Waals surface area contributed by atoms with E-state index in [9.17, 15) is 4.79 Å². The van der Waals surface area contributed by atoms with Gasteiger partial charge in [0.15, 0.2) is 0 Å². The van der Waals surface area contributed by atoms with Crippen molar-refractivity contribution in [2.24, 2.45) is 5.92 Å². The van der Waals surface area contributed by atoms with Crippen LogP contribution < -0.4 is 10.6 Å². The monoisotopic (exact) mass is 299 g/mol. The number of hydrogen-bond donors (Lipinski definition) is 2. The van der Waals surface area contributed by atoms with Crippen molar-refractivity contribution in [2.45, 2.75) is 19.8 Å². The van der Waals surface area contributed by atoms with Crippen LogP contribution in [0.5, 0.6) is 0 Å². The normalized spacial score (nSPS) is 18.1. The van der Waals surface area contributed by atoms with Gasteiger partial charge in [-0.1, -0.05) is 35.5 Å². The number of benzene rings is 1. The van der Waals surface area contributed by atoms with Crippen LogP contribution in [-0.4, -0.2) is 30.7 Å². The van der Waals surface area contributed by atoms with E-state index in [4.69, 9.17) is 4.52 Å². The van der Waals surface area contributed by atoms with Gasteiger partial charge in [0.05, 0.1) is 0 Å². The van der Waals surface area contributed by atoms with Gasteiger partial charge in [-0.15, -0.1) is 0 Å². The first-order chi connectivity index (χ1) is 10.8. The summed E-state index contributed by atoms with van der Waals surface area (Å²) in [6, 6.07) is 9.65. The highest BCUT2D eigenvalue weighted by Gasteiger charge is 2.22. The van der Waals surface area contributed by atoms with Gasteiger partial charge in [0.2, 0.25) is 0 Å². The van der Waals surface area contributed by atoms with Crippen molar-refractivity contribution in [3.8, 4) is 11.3 Å². The molecule has 5 heteroatoms. The Morgan fingerprint density at radius 1 is 1.41 bits per heavy atom. The minimum atomic E-state index is -0.108. The molecule has 1 atom stereocenters. The molecule has 2 heterocycles. The summed E-state index contributed by atoms with van der Waals surface area (Å²) in [6.07, 6.45) is 2.32. The molecule has 0 radical (unpaired) electrons. The number of piperidine rings is 1. The summed E-state index contributed by atoms with van der Waals surface area (Å²) in [5.41, 5.74) is 2.04. The number of rotatable bonds is 4. The highest BCUT2D eigenvalue weighted by molar-refractivity contribution is 6.00. The summed E-state index contributed by atoms with van der Waals surface area (Å²) in [5, 5.41) is 10.4. The number of hydrogen-bond acceptors (Lipinski definition) is 4. The average Bonchev–Trinajstić information content (AvgIpc) is 2.96. The lowest BCUT2D eigenvalue weighted by Crippen LogP contribution is -2.38. The molecular weight excluding hydrogens is 278 g/mol. The Balaban J connectivity index is 1.73. The highest BCUT2D eigenvalue weighted by Crippen LogP contribution is 2.25. The Kier molecular flexibility index (Phi) is 4.53. The molecule has 1 unspecified atom stereocenters. The molecular formula is C17H21N3O2. The maximum Gasteiger partial charge on any atom is 0.257 e. The Labute approximate surface area is 130 Å². The van der Waals surface area contributed by atoms with Gasteiger partial charge < -0.3 is 15.2 Å². The molecule has 22 heavy (non-hydrogen) atoms. The molecule has 2 N–H and O–H groups in total. The van der Waals surface area contributed by atoms with Crippen molar-refractivity contribution in [1.29, 1.82) is 0 Å². The van der Waals surface area contributed by atoms with Gasteiger partial charge in [-0.25, -0.2) is 0 Å². The first kappa shape index (κ1) is 14.8. The second-order valence-corrected chi connectivity index (χ2v) is 5.75. The van der Waals surface area contributed by atoms with E-state index >= 15 is 0 Å². The van der Waals surface area contributed by atoms with Crippen molar-refractivity contribution >= 4 is 5.91 Å². The second-order valence-electron chi connectivity index (χ2n) is 5.75. The van der Waals surface area contributed by atoms with Gasteiger partial charge in [0, 0.05) is 12.1 Å². The topological polar surface area (TPSA) is 67.2 Å². The van der Waals surface area contributed by atoms with Crippen LogP contribution in [0.4, 0.5) is 0 Å². The van der Waals surface area contributed by atoms with E-state index in [1.54, 1.807) is 6.92 Å². The second kappa shape index (κ2) is 6.75. The van der Waals surface area contributed by atoms with E-state index in [1.165, 1.54) is 6.42 Å². The van der Waals surface area contributed by atoms with Gasteiger partial charge in [-0.3, -0.25) is 4.79 Å². The van der Waals surface area contributed by atoms with E-state index in [0.717, 1.165) is 25.1 Å². The van der Waals surface area contributed by atoms with Crippen LogP contribution in [0.3, 0.4) is 0 Å². The minimum absolute atomic E-state index is 0.108. The van der Waals surface area contributed by atoms with Crippen molar-refractivity contribution in [2.75, 3.05) is 19.6 Å². The molecule has 2 aromatic rings. The minimum Gasteiger partial charge on any atom is -0.360 e. The lowest BCUT2D eigenvalue weighted by molar-refractivity contribution is 0.0944. The van der Waals surface area contributed by atoms with Crippen molar-refractivity contribution in [3.05, 3.63) is 41.7 Å². The number of nitrogens with zero attached hydrogens (tertiary/aromatic N) is 1. The number of carbonyl (C=O) groups is 1. The predicted molar refractivity (Wildman–Crippen MR) is 84.6 cm³/mol. The number of aryl methyl sites for hydroxylation is 1. The smallest absolute Gasteiger partial charge is 0.257 e. The van der Waals surface area contributed by atoms with E-state index in [2.05, 4.69) is 15.8 Å². The van der Waals surface area contributed by atoms with E-state index in [0.29, 0.717) is 29.5 Å². The quantitative estimate of drug-likeness (QED) is 0.909. The van der Waals surface area contributed by atoms with Crippen LogP contribution in [0, 0.1) is 12.8 Å². The van der Waals surface area contributed by atoms with Gasteiger partial charge in [0.1, 0.15) is 17.0 Å². The standard InChI is InChI=1S/C17H21N3O2/c1-12-15(16(20-22-12)14-7-3-2-4-8-14)17(21)19-11-13-6-5-9-18-10-13/h2-4,7-8,13,18H,5-6,9-11H2,1H3,(H,19,21). The average molecular weight is 299 g/mol. The van der Waals surface area contributed by atoms with Crippen molar-refractivity contribution in [3.63, 3.8) is 0 Å². The molecule has 1 aromatic carbocycles. The molecule has 1 aliphatic rings. The zero-order valence-corrected chi connectivity index (χ0v) is 12.8. The molecule has 0 saturated carbocycles. The Bertz CT molecular complexity index is 631. The maximum atomic E-state index is 12.5. The molecule has 1 saturated heterocycles. The first-order valence-corrected chi connectivity index (χ1v) is 7.76. The van der Waals surface area contributed by atoms with Crippen molar-refractivity contribution < 1.29 is 9.32 Å². The van der Waals surface area contributed by atoms with Gasteiger partial charge >= 0.3 is 0 Å². The van der Waals surface area contributed by atoms with Crippen LogP contribution in [0.2, 0.25) is 0 Å². The fourth-order valence-corrected chi connectivity index (χ4v) is 2.86. The van der Waals surface area contributed by atoms with E-state index in [1.807, 2.05) is 30.3 Å². The zero-order chi connectivity index (χ0) is 15.4. The predicted octanol–water partition coefficient (Wildman–Crippen LogP) is 2.38. The summed E-state index contributed by atoms with van der Waals surface area (Å²) >= 11 is 0. The fourth-order valence-electron chi connectivity index (χ4n) is 2.86. The van der Waals surface area contributed by atoms with Gasteiger partial charge in [0.25, 0.3) is 5.91 Å². The third-order valence-electron chi connectivity index (χ3n) is 4.09. The van der Waals surface area contributed by atoms with E-state index in [-0.39, 0.29) is 5.91 Å². The molecule has 3 rings (SSSR count). The molecule has 0 spiro atoms. The Hall–Kier alpha value is -2.14. The summed E-state index contributed by atoms with van der Waals surface area (Å²) in [5.74, 6) is 0.944. The Morgan fingerprint density at radius 2 is 2.23 bits per heavy atom. The highest BCUT2D eigenvalue weighted by atomic mass is 16.5. The van der Waals surface area contributed by atoms with Crippen LogP contribution in [0.25, 0.3) is 11.3 Å². The lowest BCUT2D eigenvalue weighted by Gasteiger charge is -2.22. The van der Waals surface area contributed by atoms with Gasteiger partial charge in [-0.2, -0.15) is 0 Å². The largest absolute Gasteiger partial charge is 0.360 e. The van der Waals surface area contributed by atoms with E-state index < -0.39 is 0 Å².